The summed E-state index contributed by atoms with van der Waals surface area (Å²) in [5, 5.41) is 3.48. The second kappa shape index (κ2) is 6.93. The van der Waals surface area contributed by atoms with Crippen LogP contribution in [0.1, 0.15) is 11.1 Å². The number of aromatic nitrogens is 1. The third kappa shape index (κ3) is 3.60. The van der Waals surface area contributed by atoms with E-state index in [1.807, 2.05) is 24.3 Å². The Morgan fingerprint density at radius 1 is 1.26 bits per heavy atom. The molecule has 2 heterocycles. The number of anilines is 1. The molecule has 1 aromatic carbocycles. The zero-order valence-electron chi connectivity index (χ0n) is 12.3. The number of benzene rings is 1. The molecule has 1 aromatic heterocycles. The van der Waals surface area contributed by atoms with Crippen molar-refractivity contribution in [1.29, 1.82) is 0 Å². The van der Waals surface area contributed by atoms with E-state index in [-0.39, 0.29) is 6.09 Å². The van der Waals surface area contributed by atoms with E-state index in [9.17, 15) is 9.18 Å². The van der Waals surface area contributed by atoms with Crippen LogP contribution in [0.25, 0.3) is 0 Å². The summed E-state index contributed by atoms with van der Waals surface area (Å²) in [7, 11) is 0. The predicted octanol–water partition coefficient (Wildman–Crippen LogP) is 3.12. The highest BCUT2D eigenvalue weighted by atomic mass is 35.5. The highest BCUT2D eigenvalue weighted by Gasteiger charge is 2.23. The maximum absolute atomic E-state index is 13.6. The van der Waals surface area contributed by atoms with Crippen LogP contribution in [0, 0.1) is 5.95 Å². The average Bonchev–Trinajstić information content (AvgIpc) is 2.97. The molecule has 0 saturated carbocycles. The van der Waals surface area contributed by atoms with E-state index in [1.165, 1.54) is 6.20 Å². The molecule has 23 heavy (non-hydrogen) atoms. The molecule has 3 rings (SSSR count). The molecule has 2 aromatic rings. The third-order valence-corrected chi connectivity index (χ3v) is 3.94. The van der Waals surface area contributed by atoms with Crippen LogP contribution < -0.4 is 10.2 Å². The number of nitrogens with one attached hydrogen (secondary N) is 1. The van der Waals surface area contributed by atoms with Crippen LogP contribution in [0.2, 0.25) is 5.02 Å². The molecule has 1 N–H and O–H groups in total. The molecule has 1 saturated heterocycles. The van der Waals surface area contributed by atoms with E-state index in [4.69, 9.17) is 16.3 Å². The standard InChI is InChI=1S/C16H15ClFN3O2/c17-14-5-6-20-15(18)13(14)10-19-9-11-1-3-12(4-2-11)21-7-8-23-16(21)22/h1-6,19H,7-10H2. The second-order valence-electron chi connectivity index (χ2n) is 5.10. The van der Waals surface area contributed by atoms with Gasteiger partial charge in [-0.3, -0.25) is 4.90 Å². The molecule has 1 aliphatic rings. The molecule has 0 radical (unpaired) electrons. The van der Waals surface area contributed by atoms with Gasteiger partial charge in [0.25, 0.3) is 0 Å². The molecule has 5 nitrogen and oxygen atoms in total. The van der Waals surface area contributed by atoms with E-state index in [2.05, 4.69) is 10.3 Å². The summed E-state index contributed by atoms with van der Waals surface area (Å²) in [6.45, 7) is 1.82. The molecule has 0 bridgehead atoms. The van der Waals surface area contributed by atoms with Crippen LogP contribution in [-0.4, -0.2) is 24.2 Å². The Kier molecular flexibility index (Phi) is 4.73. The van der Waals surface area contributed by atoms with Crippen LogP contribution in [-0.2, 0) is 17.8 Å². The predicted molar refractivity (Wildman–Crippen MR) is 84.9 cm³/mol. The van der Waals surface area contributed by atoms with Crippen LogP contribution in [0.3, 0.4) is 0 Å². The van der Waals surface area contributed by atoms with Gasteiger partial charge >= 0.3 is 6.09 Å². The van der Waals surface area contributed by atoms with Gasteiger partial charge in [0.1, 0.15) is 6.61 Å². The van der Waals surface area contributed by atoms with E-state index in [0.29, 0.717) is 36.8 Å². The summed E-state index contributed by atoms with van der Waals surface area (Å²) in [6, 6.07) is 9.11. The zero-order valence-corrected chi connectivity index (χ0v) is 13.0. The van der Waals surface area contributed by atoms with Crippen molar-refractivity contribution in [3.63, 3.8) is 0 Å². The Labute approximate surface area is 138 Å². The van der Waals surface area contributed by atoms with Gasteiger partial charge in [-0.05, 0) is 23.8 Å². The van der Waals surface area contributed by atoms with Crippen molar-refractivity contribution in [2.45, 2.75) is 13.1 Å². The normalized spacial score (nSPS) is 14.2. The quantitative estimate of drug-likeness (QED) is 0.853. The summed E-state index contributed by atoms with van der Waals surface area (Å²) in [5.41, 5.74) is 2.17. The Bertz CT molecular complexity index is 689. The first kappa shape index (κ1) is 15.7. The summed E-state index contributed by atoms with van der Waals surface area (Å²) < 4.78 is 18.5. The summed E-state index contributed by atoms with van der Waals surface area (Å²) in [6.07, 6.45) is 1.01. The summed E-state index contributed by atoms with van der Waals surface area (Å²) in [4.78, 5) is 16.7. The number of carbonyl (C=O) groups excluding carboxylic acids is 1. The average molecular weight is 336 g/mol. The first-order valence-corrected chi connectivity index (χ1v) is 7.56. The fraction of sp³-hybridized carbons (Fsp3) is 0.250. The number of pyridine rings is 1. The van der Waals surface area contributed by atoms with Crippen molar-refractivity contribution >= 4 is 23.4 Å². The molecule has 1 aliphatic heterocycles. The molecular formula is C16H15ClFN3O2. The van der Waals surface area contributed by atoms with Gasteiger partial charge in [0.05, 0.1) is 11.6 Å². The maximum atomic E-state index is 13.6. The van der Waals surface area contributed by atoms with Gasteiger partial charge < -0.3 is 10.1 Å². The van der Waals surface area contributed by atoms with Gasteiger partial charge in [-0.25, -0.2) is 9.78 Å². The molecule has 1 amide bonds. The van der Waals surface area contributed by atoms with Crippen molar-refractivity contribution in [3.05, 3.63) is 58.6 Å². The number of cyclic esters (lactones) is 1. The third-order valence-electron chi connectivity index (χ3n) is 3.59. The highest BCUT2D eigenvalue weighted by molar-refractivity contribution is 6.31. The highest BCUT2D eigenvalue weighted by Crippen LogP contribution is 2.20. The van der Waals surface area contributed by atoms with Gasteiger partial charge in [0.15, 0.2) is 0 Å². The number of carbonyl (C=O) groups is 1. The van der Waals surface area contributed by atoms with E-state index < -0.39 is 5.95 Å². The molecule has 0 aliphatic carbocycles. The number of halogens is 2. The first-order valence-electron chi connectivity index (χ1n) is 7.18. The van der Waals surface area contributed by atoms with Gasteiger partial charge in [0.2, 0.25) is 5.95 Å². The largest absolute Gasteiger partial charge is 0.447 e. The van der Waals surface area contributed by atoms with Crippen LogP contribution >= 0.6 is 11.6 Å². The maximum Gasteiger partial charge on any atom is 0.414 e. The van der Waals surface area contributed by atoms with E-state index in [0.717, 1.165) is 11.3 Å². The number of hydrogen-bond acceptors (Lipinski definition) is 4. The molecule has 0 unspecified atom stereocenters. The van der Waals surface area contributed by atoms with Gasteiger partial charge in [-0.1, -0.05) is 23.7 Å². The lowest BCUT2D eigenvalue weighted by atomic mass is 10.2. The second-order valence-corrected chi connectivity index (χ2v) is 5.51. The molecule has 1 fully saturated rings. The van der Waals surface area contributed by atoms with Crippen molar-refractivity contribution in [1.82, 2.24) is 10.3 Å². The lowest BCUT2D eigenvalue weighted by Gasteiger charge is -2.13. The molecule has 7 heteroatoms. The number of hydrogen-bond donors (Lipinski definition) is 1. The summed E-state index contributed by atoms with van der Waals surface area (Å²) in [5.74, 6) is -0.562. The minimum Gasteiger partial charge on any atom is -0.447 e. The van der Waals surface area contributed by atoms with Crippen molar-refractivity contribution < 1.29 is 13.9 Å². The Balaban J connectivity index is 1.58. The van der Waals surface area contributed by atoms with Gasteiger partial charge in [-0.2, -0.15) is 4.39 Å². The van der Waals surface area contributed by atoms with Crippen molar-refractivity contribution in [3.8, 4) is 0 Å². The van der Waals surface area contributed by atoms with Crippen LogP contribution in [0.15, 0.2) is 36.5 Å². The molecule has 120 valence electrons. The Morgan fingerprint density at radius 2 is 2.04 bits per heavy atom. The number of rotatable bonds is 5. The van der Waals surface area contributed by atoms with Crippen molar-refractivity contribution in [2.75, 3.05) is 18.1 Å². The molecule has 0 atom stereocenters. The van der Waals surface area contributed by atoms with E-state index >= 15 is 0 Å². The van der Waals surface area contributed by atoms with Gasteiger partial charge in [0, 0.05) is 30.5 Å². The first-order chi connectivity index (χ1) is 11.1. The number of nitrogens with zero attached hydrogens (tertiary/aromatic N) is 2. The lowest BCUT2D eigenvalue weighted by Crippen LogP contribution is -2.23. The Hall–Kier alpha value is -2.18. The molecular weight excluding hydrogens is 321 g/mol. The Morgan fingerprint density at radius 3 is 2.70 bits per heavy atom. The SMILES string of the molecule is O=C1OCCN1c1ccc(CNCc2c(Cl)ccnc2F)cc1. The summed E-state index contributed by atoms with van der Waals surface area (Å²) >= 11 is 5.95. The minimum atomic E-state index is -0.562. The number of ether oxygens (including phenoxy) is 1. The van der Waals surface area contributed by atoms with Gasteiger partial charge in [-0.15, -0.1) is 0 Å². The fourth-order valence-corrected chi connectivity index (χ4v) is 2.56. The van der Waals surface area contributed by atoms with Crippen LogP contribution in [0.5, 0.6) is 0 Å². The van der Waals surface area contributed by atoms with E-state index in [1.54, 1.807) is 11.0 Å². The molecule has 0 spiro atoms. The number of amides is 1. The monoisotopic (exact) mass is 335 g/mol. The lowest BCUT2D eigenvalue weighted by molar-refractivity contribution is 0.181. The smallest absolute Gasteiger partial charge is 0.414 e. The topological polar surface area (TPSA) is 54.5 Å². The fourth-order valence-electron chi connectivity index (χ4n) is 2.36. The zero-order chi connectivity index (χ0) is 16.2. The van der Waals surface area contributed by atoms with Crippen molar-refractivity contribution in [2.24, 2.45) is 0 Å². The van der Waals surface area contributed by atoms with Crippen LogP contribution in [0.4, 0.5) is 14.9 Å². The minimum absolute atomic E-state index is 0.290.